The van der Waals surface area contributed by atoms with E-state index in [0.717, 1.165) is 31.7 Å². The molecule has 0 saturated heterocycles. The van der Waals surface area contributed by atoms with Gasteiger partial charge < -0.3 is 4.74 Å². The third-order valence-electron chi connectivity index (χ3n) is 8.00. The zero-order valence-corrected chi connectivity index (χ0v) is 17.3. The third kappa shape index (κ3) is 2.86. The van der Waals surface area contributed by atoms with Crippen LogP contribution in [0.5, 0.6) is 0 Å². The van der Waals surface area contributed by atoms with E-state index in [2.05, 4.69) is 6.92 Å². The lowest BCUT2D eigenvalue weighted by molar-refractivity contribution is -0.374. The molecule has 4 aliphatic carbocycles. The van der Waals surface area contributed by atoms with E-state index < -0.39 is 40.1 Å². The Balaban J connectivity index is 1.63. The SMILES string of the molecule is Cc1ccc(C23CCC(OCC4CCC(C)CC4)(CC2)C(F)(F)C3(F)F)c(F)c1F. The van der Waals surface area contributed by atoms with Crippen molar-refractivity contribution in [2.45, 2.75) is 88.1 Å². The Morgan fingerprint density at radius 2 is 1.47 bits per heavy atom. The normalized spacial score (nSPS) is 37.3. The van der Waals surface area contributed by atoms with Gasteiger partial charge in [-0.3, -0.25) is 0 Å². The van der Waals surface area contributed by atoms with Crippen molar-refractivity contribution in [2.24, 2.45) is 11.8 Å². The van der Waals surface area contributed by atoms with E-state index in [0.29, 0.717) is 5.92 Å². The Bertz CT molecular complexity index is 804. The number of halogens is 6. The van der Waals surface area contributed by atoms with E-state index in [4.69, 9.17) is 4.74 Å². The summed E-state index contributed by atoms with van der Waals surface area (Å²) in [7, 11) is 0. The van der Waals surface area contributed by atoms with Crippen molar-refractivity contribution in [3.05, 3.63) is 34.9 Å². The minimum absolute atomic E-state index is 0.0406. The van der Waals surface area contributed by atoms with Crippen LogP contribution in [0.3, 0.4) is 0 Å². The standard InChI is InChI=1S/C23H28F6O/c1-14-3-6-16(7-4-14)13-30-21-11-9-20(10-12-21,22(26,27)23(21,28)29)17-8-5-15(2)18(24)19(17)25/h5,8,14,16H,3-4,6-7,9-13H2,1-2H3. The summed E-state index contributed by atoms with van der Waals surface area (Å²) in [6.07, 6.45) is 2.33. The minimum atomic E-state index is -4.54. The maximum absolute atomic E-state index is 15.4. The minimum Gasteiger partial charge on any atom is -0.368 e. The molecule has 0 aromatic heterocycles. The molecule has 30 heavy (non-hydrogen) atoms. The highest BCUT2D eigenvalue weighted by Crippen LogP contribution is 2.68. The molecule has 0 atom stereocenters. The third-order valence-corrected chi connectivity index (χ3v) is 8.00. The number of alkyl halides is 4. The Kier molecular flexibility index (Phi) is 5.23. The molecule has 2 bridgehead atoms. The molecule has 0 heterocycles. The molecule has 0 amide bonds. The molecule has 0 N–H and O–H groups in total. The van der Waals surface area contributed by atoms with Gasteiger partial charge in [-0.1, -0.05) is 31.9 Å². The average molecular weight is 434 g/mol. The van der Waals surface area contributed by atoms with Crippen LogP contribution < -0.4 is 0 Å². The smallest absolute Gasteiger partial charge is 0.339 e. The van der Waals surface area contributed by atoms with Crippen LogP contribution in [0.25, 0.3) is 0 Å². The van der Waals surface area contributed by atoms with Crippen LogP contribution in [0.2, 0.25) is 0 Å². The Morgan fingerprint density at radius 1 is 0.867 bits per heavy atom. The molecule has 5 rings (SSSR count). The predicted molar refractivity (Wildman–Crippen MR) is 101 cm³/mol. The molecule has 4 saturated carbocycles. The summed E-state index contributed by atoms with van der Waals surface area (Å²) >= 11 is 0. The van der Waals surface area contributed by atoms with Gasteiger partial charge in [0.15, 0.2) is 11.6 Å². The molecule has 0 aliphatic heterocycles. The summed E-state index contributed by atoms with van der Waals surface area (Å²) in [4.78, 5) is 0. The van der Waals surface area contributed by atoms with Crippen molar-refractivity contribution in [3.63, 3.8) is 0 Å². The summed E-state index contributed by atoms with van der Waals surface area (Å²) in [5.41, 5.74) is -5.37. The first-order chi connectivity index (χ1) is 14.0. The van der Waals surface area contributed by atoms with Crippen molar-refractivity contribution < 1.29 is 31.1 Å². The lowest BCUT2D eigenvalue weighted by Crippen LogP contribution is -2.75. The van der Waals surface area contributed by atoms with Crippen LogP contribution in [-0.4, -0.2) is 24.1 Å². The van der Waals surface area contributed by atoms with E-state index >= 15 is 17.6 Å². The van der Waals surface area contributed by atoms with E-state index in [1.807, 2.05) is 0 Å². The molecule has 4 fully saturated rings. The fourth-order valence-corrected chi connectivity index (χ4v) is 5.76. The van der Waals surface area contributed by atoms with Crippen molar-refractivity contribution in [3.8, 4) is 0 Å². The van der Waals surface area contributed by atoms with E-state index in [-0.39, 0.29) is 43.8 Å². The Morgan fingerprint density at radius 3 is 2.07 bits per heavy atom. The molecule has 0 radical (unpaired) electrons. The van der Waals surface area contributed by atoms with Gasteiger partial charge in [0.05, 0.1) is 12.0 Å². The zero-order valence-electron chi connectivity index (χ0n) is 17.3. The number of hydrogen-bond acceptors (Lipinski definition) is 1. The van der Waals surface area contributed by atoms with Gasteiger partial charge in [-0.2, -0.15) is 17.6 Å². The fraction of sp³-hybridized carbons (Fsp3) is 0.739. The number of ether oxygens (including phenoxy) is 1. The number of hydrogen-bond donors (Lipinski definition) is 0. The lowest BCUT2D eigenvalue weighted by atomic mass is 9.52. The van der Waals surface area contributed by atoms with Gasteiger partial charge in [0.1, 0.15) is 5.60 Å². The molecule has 4 aliphatic rings. The number of benzene rings is 1. The summed E-state index contributed by atoms with van der Waals surface area (Å²) in [6.45, 7) is 3.48. The van der Waals surface area contributed by atoms with Crippen LogP contribution in [0.1, 0.15) is 69.4 Å². The zero-order chi connectivity index (χ0) is 21.9. The van der Waals surface area contributed by atoms with Crippen LogP contribution >= 0.6 is 0 Å². The van der Waals surface area contributed by atoms with Gasteiger partial charge in [0, 0.05) is 5.56 Å². The van der Waals surface area contributed by atoms with Crippen molar-refractivity contribution in [1.82, 2.24) is 0 Å². The first-order valence-electron chi connectivity index (χ1n) is 10.8. The predicted octanol–water partition coefficient (Wildman–Crippen LogP) is 6.95. The lowest BCUT2D eigenvalue weighted by Gasteiger charge is -2.60. The average Bonchev–Trinajstić information content (AvgIpc) is 2.71. The summed E-state index contributed by atoms with van der Waals surface area (Å²) in [6, 6.07) is 2.22. The van der Waals surface area contributed by atoms with E-state index in [1.165, 1.54) is 13.0 Å². The maximum atomic E-state index is 15.4. The molecule has 0 spiro atoms. The highest BCUT2D eigenvalue weighted by Gasteiger charge is 2.83. The molecule has 1 nitrogen and oxygen atoms in total. The molecule has 1 aromatic rings. The molecule has 7 heteroatoms. The second-order valence-electron chi connectivity index (χ2n) is 9.72. The molecular formula is C23H28F6O. The second kappa shape index (κ2) is 7.14. The highest BCUT2D eigenvalue weighted by molar-refractivity contribution is 5.39. The van der Waals surface area contributed by atoms with Crippen molar-refractivity contribution in [2.75, 3.05) is 6.61 Å². The number of rotatable bonds is 4. The van der Waals surface area contributed by atoms with Gasteiger partial charge in [0.25, 0.3) is 0 Å². The summed E-state index contributed by atoms with van der Waals surface area (Å²) in [5.74, 6) is -11.0. The van der Waals surface area contributed by atoms with E-state index in [1.54, 1.807) is 0 Å². The van der Waals surface area contributed by atoms with Crippen LogP contribution in [0.4, 0.5) is 26.3 Å². The topological polar surface area (TPSA) is 9.23 Å². The van der Waals surface area contributed by atoms with Crippen LogP contribution in [0, 0.1) is 30.4 Å². The van der Waals surface area contributed by atoms with Crippen molar-refractivity contribution >= 4 is 0 Å². The monoisotopic (exact) mass is 434 g/mol. The Labute approximate surface area is 173 Å². The van der Waals surface area contributed by atoms with Crippen molar-refractivity contribution in [1.29, 1.82) is 0 Å². The van der Waals surface area contributed by atoms with Gasteiger partial charge in [0.2, 0.25) is 0 Å². The van der Waals surface area contributed by atoms with Crippen LogP contribution in [-0.2, 0) is 10.2 Å². The summed E-state index contributed by atoms with van der Waals surface area (Å²) < 4.78 is 95.7. The quantitative estimate of drug-likeness (QED) is 0.466. The molecule has 1 aromatic carbocycles. The summed E-state index contributed by atoms with van der Waals surface area (Å²) in [5, 5.41) is 0. The van der Waals surface area contributed by atoms with Gasteiger partial charge >= 0.3 is 11.8 Å². The number of fused-ring (bicyclic) bond motifs is 3. The van der Waals surface area contributed by atoms with E-state index in [9.17, 15) is 8.78 Å². The fourth-order valence-electron chi connectivity index (χ4n) is 5.76. The Hall–Kier alpha value is -1.24. The maximum Gasteiger partial charge on any atom is 0.339 e. The molecule has 0 unspecified atom stereocenters. The first-order valence-corrected chi connectivity index (χ1v) is 10.8. The van der Waals surface area contributed by atoms with Gasteiger partial charge in [-0.15, -0.1) is 0 Å². The van der Waals surface area contributed by atoms with Crippen LogP contribution in [0.15, 0.2) is 12.1 Å². The second-order valence-corrected chi connectivity index (χ2v) is 9.72. The number of aryl methyl sites for hydroxylation is 1. The van der Waals surface area contributed by atoms with Gasteiger partial charge in [-0.05, 0) is 62.8 Å². The first kappa shape index (κ1) is 22.0. The highest BCUT2D eigenvalue weighted by atomic mass is 19.3. The largest absolute Gasteiger partial charge is 0.368 e. The van der Waals surface area contributed by atoms with Gasteiger partial charge in [-0.25, -0.2) is 8.78 Å². The molecular weight excluding hydrogens is 406 g/mol. The molecule has 168 valence electrons.